The zero-order chi connectivity index (χ0) is 25.9. The Morgan fingerprint density at radius 3 is 1.53 bits per heavy atom. The average molecular weight is 517 g/mol. The summed E-state index contributed by atoms with van der Waals surface area (Å²) in [7, 11) is -4.23. The van der Waals surface area contributed by atoms with Crippen LogP contribution in [0.5, 0.6) is 5.75 Å². The Kier molecular flexibility index (Phi) is 15.1. The maximum Gasteiger partial charge on any atom is 0.311 e. The highest BCUT2D eigenvalue weighted by Gasteiger charge is 2.10. The fraction of sp³-hybridized carbons (Fsp3) is 0.567. The van der Waals surface area contributed by atoms with Gasteiger partial charge in [0.05, 0.1) is 4.90 Å². The fourth-order valence-corrected chi connectivity index (χ4v) is 4.88. The molecule has 2 aromatic rings. The van der Waals surface area contributed by atoms with Crippen LogP contribution < -0.4 is 4.74 Å². The third kappa shape index (κ3) is 14.4. The van der Waals surface area contributed by atoms with E-state index >= 15 is 0 Å². The van der Waals surface area contributed by atoms with Gasteiger partial charge in [-0.25, -0.2) is 0 Å². The lowest BCUT2D eigenvalue weighted by Crippen LogP contribution is -2.07. The number of esters is 1. The highest BCUT2D eigenvalue weighted by atomic mass is 32.2. The summed E-state index contributed by atoms with van der Waals surface area (Å²) >= 11 is 0. The predicted molar refractivity (Wildman–Crippen MR) is 146 cm³/mol. The number of ether oxygens (including phenoxy) is 1. The van der Waals surface area contributed by atoms with E-state index in [2.05, 4.69) is 30.3 Å². The molecule has 200 valence electrons. The van der Waals surface area contributed by atoms with Gasteiger partial charge in [0, 0.05) is 6.42 Å². The maximum absolute atomic E-state index is 11.9. The topological polar surface area (TPSA) is 80.7 Å². The van der Waals surface area contributed by atoms with Crippen molar-refractivity contribution in [2.75, 3.05) is 0 Å². The van der Waals surface area contributed by atoms with Crippen LogP contribution >= 0.6 is 0 Å². The molecule has 0 saturated carbocycles. The van der Waals surface area contributed by atoms with Crippen LogP contribution in [-0.2, 0) is 21.3 Å². The summed E-state index contributed by atoms with van der Waals surface area (Å²) in [5, 5.41) is 0. The molecule has 0 aliphatic heterocycles. The third-order valence-electron chi connectivity index (χ3n) is 6.54. The second-order valence-electron chi connectivity index (χ2n) is 9.71. The van der Waals surface area contributed by atoms with Crippen LogP contribution in [0.25, 0.3) is 0 Å². The van der Waals surface area contributed by atoms with Crippen LogP contribution in [0.2, 0.25) is 0 Å². The molecule has 2 aromatic carbocycles. The molecule has 36 heavy (non-hydrogen) atoms. The van der Waals surface area contributed by atoms with E-state index in [0.29, 0.717) is 6.42 Å². The Morgan fingerprint density at radius 2 is 1.06 bits per heavy atom. The summed E-state index contributed by atoms with van der Waals surface area (Å²) < 4.78 is 36.2. The molecule has 0 atom stereocenters. The lowest BCUT2D eigenvalue weighted by atomic mass is 10.0. The molecule has 2 rings (SSSR count). The highest BCUT2D eigenvalue weighted by molar-refractivity contribution is 7.85. The van der Waals surface area contributed by atoms with Gasteiger partial charge in [-0.15, -0.1) is 0 Å². The molecule has 5 nitrogen and oxygen atoms in total. The van der Waals surface area contributed by atoms with Gasteiger partial charge in [0.15, 0.2) is 0 Å². The Bertz CT molecular complexity index is 939. The minimum Gasteiger partial charge on any atom is -0.427 e. The molecule has 0 unspecified atom stereocenters. The molecule has 0 aromatic heterocycles. The van der Waals surface area contributed by atoms with Crippen LogP contribution in [0.4, 0.5) is 0 Å². The second-order valence-corrected chi connectivity index (χ2v) is 11.1. The first-order chi connectivity index (χ1) is 17.4. The maximum atomic E-state index is 11.9. The molecule has 0 amide bonds. The summed E-state index contributed by atoms with van der Waals surface area (Å²) in [5.41, 5.74) is 1.46. The van der Waals surface area contributed by atoms with Gasteiger partial charge in [-0.2, -0.15) is 8.42 Å². The van der Waals surface area contributed by atoms with Crippen LogP contribution in [0.15, 0.2) is 59.5 Å². The van der Waals surface area contributed by atoms with Crippen LogP contribution in [-0.4, -0.2) is 18.9 Å². The number of hydrogen-bond acceptors (Lipinski definition) is 4. The van der Waals surface area contributed by atoms with Crippen LogP contribution in [0.1, 0.15) is 108 Å². The van der Waals surface area contributed by atoms with Gasteiger partial charge >= 0.3 is 5.97 Å². The molecular formula is C30H44O5S. The monoisotopic (exact) mass is 516 g/mol. The number of rotatable bonds is 20. The SMILES string of the molecule is O=C(CCCCCCCCCCCCCCCCCc1ccccc1)Oc1ccc(S(=O)(=O)O)cc1. The minimum atomic E-state index is -4.23. The average Bonchev–Trinajstić information content (AvgIpc) is 2.86. The van der Waals surface area contributed by atoms with Crippen molar-refractivity contribution in [2.24, 2.45) is 0 Å². The van der Waals surface area contributed by atoms with Crippen molar-refractivity contribution in [3.05, 3.63) is 60.2 Å². The number of hydrogen-bond donors (Lipinski definition) is 1. The Morgan fingerprint density at radius 1 is 0.611 bits per heavy atom. The molecule has 0 aliphatic carbocycles. The lowest BCUT2D eigenvalue weighted by Gasteiger charge is -2.05. The molecule has 6 heteroatoms. The summed E-state index contributed by atoms with van der Waals surface area (Å²) in [5.74, 6) is -0.0342. The Labute approximate surface area is 218 Å². The highest BCUT2D eigenvalue weighted by Crippen LogP contribution is 2.18. The largest absolute Gasteiger partial charge is 0.427 e. The van der Waals surface area contributed by atoms with Crippen molar-refractivity contribution < 1.29 is 22.5 Å². The minimum absolute atomic E-state index is 0.219. The number of unbranched alkanes of at least 4 members (excludes halogenated alkanes) is 14. The molecule has 1 N–H and O–H groups in total. The zero-order valence-electron chi connectivity index (χ0n) is 21.7. The third-order valence-corrected chi connectivity index (χ3v) is 7.41. The predicted octanol–water partition coefficient (Wildman–Crippen LogP) is 8.32. The number of aryl methyl sites for hydroxylation is 1. The van der Waals surface area contributed by atoms with Crippen molar-refractivity contribution in [3.63, 3.8) is 0 Å². The van der Waals surface area contributed by atoms with Crippen LogP contribution in [0, 0.1) is 0 Å². The molecule has 0 bridgehead atoms. The molecule has 0 aliphatic rings. The zero-order valence-corrected chi connectivity index (χ0v) is 22.5. The lowest BCUT2D eigenvalue weighted by molar-refractivity contribution is -0.134. The smallest absolute Gasteiger partial charge is 0.311 e. The standard InChI is InChI=1S/C30H44O5S/c31-30(35-28-23-25-29(26-24-28)36(32,33)34)22-18-13-11-9-7-5-3-1-2-4-6-8-10-12-15-19-27-20-16-14-17-21-27/h14,16-17,20-21,23-26H,1-13,15,18-19,22H2,(H,32,33,34). The normalized spacial score (nSPS) is 11.5. The van der Waals surface area contributed by atoms with Gasteiger partial charge in [-0.3, -0.25) is 9.35 Å². The van der Waals surface area contributed by atoms with Crippen molar-refractivity contribution in [1.82, 2.24) is 0 Å². The second kappa shape index (κ2) is 18.1. The first-order valence-corrected chi connectivity index (χ1v) is 15.2. The first-order valence-electron chi connectivity index (χ1n) is 13.8. The quantitative estimate of drug-likeness (QED) is 0.0828. The fourth-order valence-electron chi connectivity index (χ4n) is 4.40. The molecule has 0 saturated heterocycles. The number of carbonyl (C=O) groups excluding carboxylic acids is 1. The van der Waals surface area contributed by atoms with Crippen molar-refractivity contribution in [2.45, 2.75) is 114 Å². The Balaban J connectivity index is 1.31. The molecular weight excluding hydrogens is 472 g/mol. The van der Waals surface area contributed by atoms with E-state index in [1.54, 1.807) is 0 Å². The van der Waals surface area contributed by atoms with E-state index in [1.165, 1.54) is 113 Å². The van der Waals surface area contributed by atoms with Gasteiger partial charge in [0.1, 0.15) is 5.75 Å². The van der Waals surface area contributed by atoms with Crippen molar-refractivity contribution >= 4 is 16.1 Å². The number of carbonyl (C=O) groups is 1. The van der Waals surface area contributed by atoms with E-state index in [0.717, 1.165) is 19.3 Å². The van der Waals surface area contributed by atoms with Crippen LogP contribution in [0.3, 0.4) is 0 Å². The van der Waals surface area contributed by atoms with Gasteiger partial charge in [0.2, 0.25) is 0 Å². The van der Waals surface area contributed by atoms with Crippen molar-refractivity contribution in [3.8, 4) is 5.75 Å². The number of benzene rings is 2. The summed E-state index contributed by atoms with van der Waals surface area (Å²) in [4.78, 5) is 11.7. The van der Waals surface area contributed by atoms with Crippen molar-refractivity contribution in [1.29, 1.82) is 0 Å². The summed E-state index contributed by atoms with van der Waals surface area (Å²) in [6.07, 6.45) is 20.5. The molecule has 0 radical (unpaired) electrons. The van der Waals surface area contributed by atoms with Gasteiger partial charge in [-0.1, -0.05) is 114 Å². The van der Waals surface area contributed by atoms with E-state index in [9.17, 15) is 13.2 Å². The van der Waals surface area contributed by atoms with Gasteiger partial charge < -0.3 is 4.74 Å². The Hall–Kier alpha value is -2.18. The van der Waals surface area contributed by atoms with E-state index < -0.39 is 10.1 Å². The van der Waals surface area contributed by atoms with E-state index in [-0.39, 0.29) is 16.6 Å². The summed E-state index contributed by atoms with van der Waals surface area (Å²) in [6.45, 7) is 0. The van der Waals surface area contributed by atoms with E-state index in [4.69, 9.17) is 9.29 Å². The first kappa shape index (κ1) is 30.0. The molecule has 0 spiro atoms. The molecule has 0 fully saturated rings. The van der Waals surface area contributed by atoms with Gasteiger partial charge in [-0.05, 0) is 49.1 Å². The summed E-state index contributed by atoms with van der Waals surface area (Å²) in [6, 6.07) is 16.0. The van der Waals surface area contributed by atoms with E-state index in [1.807, 2.05) is 0 Å². The molecule has 0 heterocycles. The van der Waals surface area contributed by atoms with Gasteiger partial charge in [0.25, 0.3) is 10.1 Å².